The van der Waals surface area contributed by atoms with Crippen molar-refractivity contribution in [3.63, 3.8) is 0 Å². The van der Waals surface area contributed by atoms with Gasteiger partial charge in [-0.3, -0.25) is 0 Å². The molecule has 0 unspecified atom stereocenters. The molecule has 3 heteroatoms. The van der Waals surface area contributed by atoms with E-state index in [9.17, 15) is 0 Å². The molecule has 0 saturated heterocycles. The Morgan fingerprint density at radius 3 is 2.00 bits per heavy atom. The Balaban J connectivity index is 0. The second-order valence-corrected chi connectivity index (χ2v) is 3.00. The predicted molar refractivity (Wildman–Crippen MR) is 64.4 cm³/mol. The Kier molecular flexibility index (Phi) is 11.8. The van der Waals surface area contributed by atoms with E-state index in [-0.39, 0.29) is 0 Å². The van der Waals surface area contributed by atoms with Crippen LogP contribution in [0.4, 0.5) is 0 Å². The quantitative estimate of drug-likeness (QED) is 0.611. The van der Waals surface area contributed by atoms with Crippen molar-refractivity contribution in [3.8, 4) is 0 Å². The second kappa shape index (κ2) is 10.0. The molecule has 0 fully saturated rings. The summed E-state index contributed by atoms with van der Waals surface area (Å²) < 4.78 is 0.993. The Morgan fingerprint density at radius 2 is 1.69 bits per heavy atom. The maximum Gasteiger partial charge on any atom is 0.129 e. The van der Waals surface area contributed by atoms with E-state index in [0.29, 0.717) is 5.15 Å². The van der Waals surface area contributed by atoms with Gasteiger partial charge in [-0.05, 0) is 34.5 Å². The molecule has 1 heterocycles. The Morgan fingerprint density at radius 1 is 1.23 bits per heavy atom. The van der Waals surface area contributed by atoms with Crippen LogP contribution in [0.15, 0.2) is 16.7 Å². The molecular formula is C10H17BrClN. The third kappa shape index (κ3) is 7.03. The first-order valence-electron chi connectivity index (χ1n) is 4.48. The summed E-state index contributed by atoms with van der Waals surface area (Å²) in [5.41, 5.74) is 1.11. The van der Waals surface area contributed by atoms with Gasteiger partial charge in [-0.1, -0.05) is 39.3 Å². The Hall–Kier alpha value is -0.0800. The highest BCUT2D eigenvalue weighted by Gasteiger charge is 1.93. The minimum atomic E-state index is 0.538. The van der Waals surface area contributed by atoms with Crippen molar-refractivity contribution in [1.29, 1.82) is 0 Å². The summed E-state index contributed by atoms with van der Waals surface area (Å²) in [6.07, 6.45) is 1.69. The van der Waals surface area contributed by atoms with Gasteiger partial charge in [0.25, 0.3) is 0 Å². The summed E-state index contributed by atoms with van der Waals surface area (Å²) >= 11 is 8.89. The summed E-state index contributed by atoms with van der Waals surface area (Å²) in [7, 11) is 0. The zero-order chi connectivity index (χ0) is 10.9. The maximum atomic E-state index is 5.58. The lowest BCUT2D eigenvalue weighted by Crippen LogP contribution is -1.78. The van der Waals surface area contributed by atoms with Crippen molar-refractivity contribution < 1.29 is 0 Å². The molecule has 1 nitrogen and oxygen atoms in total. The van der Waals surface area contributed by atoms with Gasteiger partial charge >= 0.3 is 0 Å². The molecule has 1 aromatic heterocycles. The molecule has 1 aromatic rings. The van der Waals surface area contributed by atoms with Crippen molar-refractivity contribution >= 4 is 27.5 Å². The minimum absolute atomic E-state index is 0.538. The molecule has 0 aliphatic rings. The lowest BCUT2D eigenvalue weighted by atomic mass is 10.3. The smallest absolute Gasteiger partial charge is 0.129 e. The van der Waals surface area contributed by atoms with Gasteiger partial charge in [0.2, 0.25) is 0 Å². The number of aromatic nitrogens is 1. The van der Waals surface area contributed by atoms with Gasteiger partial charge < -0.3 is 0 Å². The lowest BCUT2D eigenvalue weighted by Gasteiger charge is -1.94. The highest BCUT2D eigenvalue weighted by Crippen LogP contribution is 2.16. The molecular weight excluding hydrogens is 249 g/mol. The van der Waals surface area contributed by atoms with Crippen LogP contribution in [-0.2, 0) is 0 Å². The number of rotatable bonds is 0. The van der Waals surface area contributed by atoms with Crippen LogP contribution in [0.25, 0.3) is 0 Å². The molecule has 0 aliphatic heterocycles. The SMILES string of the molecule is CC.CC.Cc1cc(Cl)ncc1Br. The van der Waals surface area contributed by atoms with Gasteiger partial charge in [-0.2, -0.15) is 0 Å². The van der Waals surface area contributed by atoms with Crippen LogP contribution in [0.1, 0.15) is 33.3 Å². The van der Waals surface area contributed by atoms with Crippen LogP contribution in [0, 0.1) is 6.92 Å². The van der Waals surface area contributed by atoms with E-state index in [1.165, 1.54) is 0 Å². The number of hydrogen-bond acceptors (Lipinski definition) is 1. The van der Waals surface area contributed by atoms with Crippen LogP contribution in [0.5, 0.6) is 0 Å². The molecule has 1 rings (SSSR count). The zero-order valence-corrected chi connectivity index (χ0v) is 11.2. The van der Waals surface area contributed by atoms with E-state index in [2.05, 4.69) is 20.9 Å². The molecule has 0 bridgehead atoms. The van der Waals surface area contributed by atoms with E-state index < -0.39 is 0 Å². The third-order valence-corrected chi connectivity index (χ3v) is 2.05. The summed E-state index contributed by atoms with van der Waals surface area (Å²) in [6, 6.07) is 1.81. The standard InChI is InChI=1S/C6H5BrClN.2C2H6/c1-4-2-6(8)9-3-5(4)7;2*1-2/h2-3H,1H3;2*1-2H3. The highest BCUT2D eigenvalue weighted by molar-refractivity contribution is 9.10. The van der Waals surface area contributed by atoms with Gasteiger partial charge in [0.1, 0.15) is 5.15 Å². The van der Waals surface area contributed by atoms with Crippen molar-refractivity contribution in [2.45, 2.75) is 34.6 Å². The van der Waals surface area contributed by atoms with Crippen LogP contribution in [0.3, 0.4) is 0 Å². The zero-order valence-electron chi connectivity index (χ0n) is 8.86. The molecule has 13 heavy (non-hydrogen) atoms. The number of halogens is 2. The van der Waals surface area contributed by atoms with Gasteiger partial charge in [0.05, 0.1) is 0 Å². The van der Waals surface area contributed by atoms with E-state index >= 15 is 0 Å². The first kappa shape index (κ1) is 15.4. The fourth-order valence-electron chi connectivity index (χ4n) is 0.505. The Bertz CT molecular complexity index is 226. The van der Waals surface area contributed by atoms with E-state index in [1.54, 1.807) is 6.20 Å². The largest absolute Gasteiger partial charge is 0.243 e. The van der Waals surface area contributed by atoms with Crippen molar-refractivity contribution in [2.24, 2.45) is 0 Å². The van der Waals surface area contributed by atoms with Gasteiger partial charge in [-0.15, -0.1) is 0 Å². The predicted octanol–water partition coefficient (Wildman–Crippen LogP) is 4.86. The lowest BCUT2D eigenvalue weighted by molar-refractivity contribution is 1.26. The molecule has 0 N–H and O–H groups in total. The average Bonchev–Trinajstić information content (AvgIpc) is 2.18. The van der Waals surface area contributed by atoms with Crippen molar-refractivity contribution in [1.82, 2.24) is 4.98 Å². The molecule has 0 aromatic carbocycles. The van der Waals surface area contributed by atoms with Crippen LogP contribution < -0.4 is 0 Å². The molecule has 0 atom stereocenters. The topological polar surface area (TPSA) is 12.9 Å². The van der Waals surface area contributed by atoms with Crippen LogP contribution in [-0.4, -0.2) is 4.98 Å². The number of aryl methyl sites for hydroxylation is 1. The normalized spacial score (nSPS) is 7.62. The fraction of sp³-hybridized carbons (Fsp3) is 0.500. The molecule has 0 saturated carbocycles. The summed E-state index contributed by atoms with van der Waals surface area (Å²) in [6.45, 7) is 9.97. The maximum absolute atomic E-state index is 5.58. The average molecular weight is 267 g/mol. The van der Waals surface area contributed by atoms with E-state index in [0.717, 1.165) is 10.0 Å². The number of nitrogens with zero attached hydrogens (tertiary/aromatic N) is 1. The highest BCUT2D eigenvalue weighted by atomic mass is 79.9. The minimum Gasteiger partial charge on any atom is -0.243 e. The van der Waals surface area contributed by atoms with E-state index in [1.807, 2.05) is 40.7 Å². The summed E-state index contributed by atoms with van der Waals surface area (Å²) in [5, 5.41) is 0.538. The second-order valence-electron chi connectivity index (χ2n) is 1.76. The fourth-order valence-corrected chi connectivity index (χ4v) is 0.934. The van der Waals surface area contributed by atoms with Gasteiger partial charge in [-0.25, -0.2) is 4.98 Å². The van der Waals surface area contributed by atoms with Crippen LogP contribution >= 0.6 is 27.5 Å². The molecule has 76 valence electrons. The molecule has 0 spiro atoms. The van der Waals surface area contributed by atoms with Gasteiger partial charge in [0, 0.05) is 10.7 Å². The first-order valence-corrected chi connectivity index (χ1v) is 5.65. The van der Waals surface area contributed by atoms with Crippen molar-refractivity contribution in [2.75, 3.05) is 0 Å². The monoisotopic (exact) mass is 265 g/mol. The Labute approximate surface area is 94.7 Å². The van der Waals surface area contributed by atoms with E-state index in [4.69, 9.17) is 11.6 Å². The summed E-state index contributed by atoms with van der Waals surface area (Å²) in [5.74, 6) is 0. The number of hydrogen-bond donors (Lipinski definition) is 0. The van der Waals surface area contributed by atoms with Crippen molar-refractivity contribution in [3.05, 3.63) is 27.5 Å². The number of pyridine rings is 1. The molecule has 0 aliphatic carbocycles. The third-order valence-electron chi connectivity index (χ3n) is 1.01. The molecule has 0 amide bonds. The first-order chi connectivity index (χ1) is 6.20. The summed E-state index contributed by atoms with van der Waals surface area (Å²) in [4.78, 5) is 3.86. The van der Waals surface area contributed by atoms with Crippen LogP contribution in [0.2, 0.25) is 5.15 Å². The molecule has 0 radical (unpaired) electrons. The van der Waals surface area contributed by atoms with Gasteiger partial charge in [0.15, 0.2) is 0 Å².